The Kier molecular flexibility index (Phi) is 5.02. The Bertz CT molecular complexity index is 462. The summed E-state index contributed by atoms with van der Waals surface area (Å²) in [5.74, 6) is 0.890. The molecule has 0 aromatic carbocycles. The van der Waals surface area contributed by atoms with Gasteiger partial charge in [0.15, 0.2) is 5.82 Å². The molecule has 0 amide bonds. The summed E-state index contributed by atoms with van der Waals surface area (Å²) in [6, 6.07) is 2.24. The summed E-state index contributed by atoms with van der Waals surface area (Å²) in [5, 5.41) is 19.4. The van der Waals surface area contributed by atoms with E-state index in [-0.39, 0.29) is 0 Å². The second-order valence-electron chi connectivity index (χ2n) is 4.68. The zero-order valence-corrected chi connectivity index (χ0v) is 11.5. The first kappa shape index (κ1) is 13.7. The number of aryl methyl sites for hydroxylation is 1. The van der Waals surface area contributed by atoms with Gasteiger partial charge in [0, 0.05) is 25.0 Å². The highest BCUT2D eigenvalue weighted by Gasteiger charge is 2.08. The monoisotopic (exact) mass is 263 g/mol. The van der Waals surface area contributed by atoms with E-state index in [0.29, 0.717) is 12.6 Å². The molecule has 2 aromatic heterocycles. The smallest absolute Gasteiger partial charge is 0.165 e. The quantitative estimate of drug-likeness (QED) is 0.764. The van der Waals surface area contributed by atoms with Gasteiger partial charge in [-0.2, -0.15) is 5.10 Å². The van der Waals surface area contributed by atoms with E-state index in [9.17, 15) is 0 Å². The van der Waals surface area contributed by atoms with Crippen molar-refractivity contribution in [1.82, 2.24) is 35.3 Å². The minimum Gasteiger partial charge on any atom is -0.305 e. The zero-order chi connectivity index (χ0) is 13.5. The van der Waals surface area contributed by atoms with Gasteiger partial charge in [-0.1, -0.05) is 13.3 Å². The summed E-state index contributed by atoms with van der Waals surface area (Å²) in [6.45, 7) is 6.69. The van der Waals surface area contributed by atoms with E-state index in [1.54, 1.807) is 6.20 Å². The maximum Gasteiger partial charge on any atom is 0.165 e. The van der Waals surface area contributed by atoms with E-state index in [1.165, 1.54) is 0 Å². The van der Waals surface area contributed by atoms with Gasteiger partial charge in [0.2, 0.25) is 0 Å². The number of hydrogen-bond acceptors (Lipinski definition) is 5. The highest BCUT2D eigenvalue weighted by Crippen LogP contribution is 1.98. The lowest BCUT2D eigenvalue weighted by molar-refractivity contribution is 0.433. The van der Waals surface area contributed by atoms with Crippen molar-refractivity contribution in [2.24, 2.45) is 0 Å². The van der Waals surface area contributed by atoms with Crippen molar-refractivity contribution in [2.75, 3.05) is 0 Å². The molecule has 0 aliphatic carbocycles. The molecule has 7 heteroatoms. The van der Waals surface area contributed by atoms with Crippen molar-refractivity contribution in [3.05, 3.63) is 24.3 Å². The highest BCUT2D eigenvalue weighted by molar-refractivity contribution is 4.82. The van der Waals surface area contributed by atoms with Crippen LogP contribution >= 0.6 is 0 Å². The largest absolute Gasteiger partial charge is 0.305 e. The fourth-order valence-electron chi connectivity index (χ4n) is 1.85. The van der Waals surface area contributed by atoms with Crippen LogP contribution < -0.4 is 5.32 Å². The van der Waals surface area contributed by atoms with Crippen molar-refractivity contribution in [3.8, 4) is 0 Å². The molecule has 0 aliphatic heterocycles. The van der Waals surface area contributed by atoms with Crippen LogP contribution in [-0.2, 0) is 19.6 Å². The molecule has 0 aliphatic rings. The van der Waals surface area contributed by atoms with Gasteiger partial charge in [0.25, 0.3) is 0 Å². The molecule has 2 rings (SSSR count). The lowest BCUT2D eigenvalue weighted by atomic mass is 10.3. The van der Waals surface area contributed by atoms with E-state index in [0.717, 1.165) is 31.8 Å². The van der Waals surface area contributed by atoms with Crippen LogP contribution in [0.25, 0.3) is 0 Å². The zero-order valence-electron chi connectivity index (χ0n) is 11.5. The molecule has 0 saturated heterocycles. The van der Waals surface area contributed by atoms with Gasteiger partial charge in [0.05, 0.1) is 13.1 Å². The van der Waals surface area contributed by atoms with Crippen LogP contribution in [0.2, 0.25) is 0 Å². The molecule has 1 atom stereocenters. The van der Waals surface area contributed by atoms with Crippen molar-refractivity contribution < 1.29 is 0 Å². The Morgan fingerprint density at radius 3 is 3.05 bits per heavy atom. The molecular weight excluding hydrogens is 242 g/mol. The standard InChI is InChI=1S/C12H21N7/c1-3-4-8-19-12(15-16-17-19)9-13-11(2)10-18-7-5-6-14-18/h5-7,11,13H,3-4,8-10H2,1-2H3/t11-/m1/s1. The summed E-state index contributed by atoms with van der Waals surface area (Å²) in [6.07, 6.45) is 5.99. The van der Waals surface area contributed by atoms with Crippen LogP contribution in [0.3, 0.4) is 0 Å². The summed E-state index contributed by atoms with van der Waals surface area (Å²) < 4.78 is 3.79. The molecule has 1 N–H and O–H groups in total. The minimum absolute atomic E-state index is 0.316. The lowest BCUT2D eigenvalue weighted by Crippen LogP contribution is -2.31. The number of aromatic nitrogens is 6. The summed E-state index contributed by atoms with van der Waals surface area (Å²) in [4.78, 5) is 0. The molecule has 0 spiro atoms. The molecule has 0 fully saturated rings. The second kappa shape index (κ2) is 6.98. The molecule has 104 valence electrons. The first-order chi connectivity index (χ1) is 9.29. The van der Waals surface area contributed by atoms with Gasteiger partial charge in [-0.25, -0.2) is 4.68 Å². The Morgan fingerprint density at radius 1 is 1.42 bits per heavy atom. The molecule has 19 heavy (non-hydrogen) atoms. The van der Waals surface area contributed by atoms with Crippen molar-refractivity contribution in [3.63, 3.8) is 0 Å². The summed E-state index contributed by atoms with van der Waals surface area (Å²) >= 11 is 0. The predicted octanol–water partition coefficient (Wildman–Crippen LogP) is 0.848. The number of unbranched alkanes of at least 4 members (excludes halogenated alkanes) is 1. The molecular formula is C12H21N7. The lowest BCUT2D eigenvalue weighted by Gasteiger charge is -2.13. The average Bonchev–Trinajstić information content (AvgIpc) is 3.05. The van der Waals surface area contributed by atoms with E-state index in [2.05, 4.69) is 39.8 Å². The number of rotatable bonds is 8. The van der Waals surface area contributed by atoms with Crippen LogP contribution in [0.4, 0.5) is 0 Å². The Morgan fingerprint density at radius 2 is 2.32 bits per heavy atom. The molecule has 0 bridgehead atoms. The number of nitrogens with one attached hydrogen (secondary N) is 1. The third-order valence-electron chi connectivity index (χ3n) is 2.96. The number of hydrogen-bond donors (Lipinski definition) is 1. The number of tetrazole rings is 1. The van der Waals surface area contributed by atoms with Crippen molar-refractivity contribution >= 4 is 0 Å². The maximum absolute atomic E-state index is 4.19. The first-order valence-corrected chi connectivity index (χ1v) is 6.75. The average molecular weight is 263 g/mol. The van der Waals surface area contributed by atoms with Gasteiger partial charge in [-0.05, 0) is 29.8 Å². The molecule has 0 saturated carbocycles. The van der Waals surface area contributed by atoms with Crippen LogP contribution in [0.5, 0.6) is 0 Å². The topological polar surface area (TPSA) is 73.5 Å². The molecule has 7 nitrogen and oxygen atoms in total. The summed E-state index contributed by atoms with van der Waals surface area (Å²) in [5.41, 5.74) is 0. The van der Waals surface area contributed by atoms with Crippen LogP contribution in [0, 0.1) is 0 Å². The molecule has 2 heterocycles. The second-order valence-corrected chi connectivity index (χ2v) is 4.68. The minimum atomic E-state index is 0.316. The van der Waals surface area contributed by atoms with Crippen LogP contribution in [0.15, 0.2) is 18.5 Å². The van der Waals surface area contributed by atoms with E-state index >= 15 is 0 Å². The van der Waals surface area contributed by atoms with Crippen molar-refractivity contribution in [2.45, 2.75) is 52.4 Å². The third-order valence-corrected chi connectivity index (χ3v) is 2.96. The fraction of sp³-hybridized carbons (Fsp3) is 0.667. The SMILES string of the molecule is CCCCn1nnnc1CN[C@H](C)Cn1cccn1. The van der Waals surface area contributed by atoms with Gasteiger partial charge < -0.3 is 5.32 Å². The van der Waals surface area contributed by atoms with E-state index in [1.807, 2.05) is 21.6 Å². The summed E-state index contributed by atoms with van der Waals surface area (Å²) in [7, 11) is 0. The maximum atomic E-state index is 4.19. The van der Waals surface area contributed by atoms with E-state index in [4.69, 9.17) is 0 Å². The van der Waals surface area contributed by atoms with Crippen LogP contribution in [-0.4, -0.2) is 36.0 Å². The molecule has 0 unspecified atom stereocenters. The predicted molar refractivity (Wildman–Crippen MR) is 71.3 cm³/mol. The molecule has 2 aromatic rings. The van der Waals surface area contributed by atoms with Gasteiger partial charge in [-0.3, -0.25) is 4.68 Å². The number of nitrogens with zero attached hydrogens (tertiary/aromatic N) is 6. The Hall–Kier alpha value is -1.76. The van der Waals surface area contributed by atoms with Gasteiger partial charge in [-0.15, -0.1) is 5.10 Å². The van der Waals surface area contributed by atoms with E-state index < -0.39 is 0 Å². The normalized spacial score (nSPS) is 12.7. The van der Waals surface area contributed by atoms with Gasteiger partial charge >= 0.3 is 0 Å². The first-order valence-electron chi connectivity index (χ1n) is 6.75. The van der Waals surface area contributed by atoms with Crippen molar-refractivity contribution in [1.29, 1.82) is 0 Å². The Labute approximate surface area is 113 Å². The Balaban J connectivity index is 1.79. The third kappa shape index (κ3) is 4.13. The van der Waals surface area contributed by atoms with Gasteiger partial charge in [0.1, 0.15) is 0 Å². The fourth-order valence-corrected chi connectivity index (χ4v) is 1.85. The molecule has 0 radical (unpaired) electrons. The highest BCUT2D eigenvalue weighted by atomic mass is 15.5. The van der Waals surface area contributed by atoms with Crippen LogP contribution in [0.1, 0.15) is 32.5 Å².